The molecule has 0 aliphatic heterocycles. The van der Waals surface area contributed by atoms with Crippen molar-refractivity contribution < 1.29 is 29.8 Å². The van der Waals surface area contributed by atoms with E-state index < -0.39 is 23.8 Å². The lowest BCUT2D eigenvalue weighted by Crippen LogP contribution is -2.35. The van der Waals surface area contributed by atoms with Gasteiger partial charge in [-0.05, 0) is 12.8 Å². The van der Waals surface area contributed by atoms with Gasteiger partial charge in [-0.3, -0.25) is 19.6 Å². The number of rotatable bonds is 8. The summed E-state index contributed by atoms with van der Waals surface area (Å²) in [5, 5.41) is 26.9. The third-order valence-corrected chi connectivity index (χ3v) is 2.20. The number of hydrogen-bond acceptors (Lipinski definition) is 4. The molecule has 0 aromatic heterocycles. The van der Waals surface area contributed by atoms with Crippen molar-refractivity contribution in [2.45, 2.75) is 32.6 Å². The highest BCUT2D eigenvalue weighted by Crippen LogP contribution is 2.09. The molecular formula is C10H17NO6. The second kappa shape index (κ2) is 7.61. The normalized spacial score (nSPS) is 11.9. The highest BCUT2D eigenvalue weighted by molar-refractivity contribution is 5.76. The molecule has 17 heavy (non-hydrogen) atoms. The van der Waals surface area contributed by atoms with Crippen molar-refractivity contribution in [2.75, 3.05) is 6.54 Å². The minimum Gasteiger partial charge on any atom is -0.481 e. The Morgan fingerprint density at radius 1 is 1.18 bits per heavy atom. The fourth-order valence-corrected chi connectivity index (χ4v) is 1.24. The van der Waals surface area contributed by atoms with Gasteiger partial charge in [-0.1, -0.05) is 6.92 Å². The maximum Gasteiger partial charge on any atom is 0.308 e. The Balaban J connectivity index is 4.28. The molecular weight excluding hydrogens is 230 g/mol. The second-order valence-electron chi connectivity index (χ2n) is 3.69. The maximum absolute atomic E-state index is 11.2. The molecule has 0 aromatic rings. The Kier molecular flexibility index (Phi) is 6.88. The Morgan fingerprint density at radius 2 is 1.76 bits per heavy atom. The van der Waals surface area contributed by atoms with E-state index in [-0.39, 0.29) is 25.8 Å². The van der Waals surface area contributed by atoms with E-state index in [1.807, 2.05) is 0 Å². The zero-order valence-corrected chi connectivity index (χ0v) is 9.63. The van der Waals surface area contributed by atoms with Gasteiger partial charge in [-0.25, -0.2) is 5.06 Å². The van der Waals surface area contributed by atoms with Crippen molar-refractivity contribution in [1.82, 2.24) is 5.06 Å². The van der Waals surface area contributed by atoms with Gasteiger partial charge in [0.2, 0.25) is 5.91 Å². The molecule has 7 nitrogen and oxygen atoms in total. The fourth-order valence-electron chi connectivity index (χ4n) is 1.24. The van der Waals surface area contributed by atoms with Gasteiger partial charge >= 0.3 is 11.9 Å². The van der Waals surface area contributed by atoms with Crippen molar-refractivity contribution in [3.05, 3.63) is 0 Å². The number of amides is 1. The number of carbonyl (C=O) groups excluding carboxylic acids is 1. The van der Waals surface area contributed by atoms with Crippen LogP contribution >= 0.6 is 0 Å². The van der Waals surface area contributed by atoms with Gasteiger partial charge < -0.3 is 10.2 Å². The van der Waals surface area contributed by atoms with E-state index in [0.717, 1.165) is 0 Å². The number of nitrogens with zero attached hydrogens (tertiary/aromatic N) is 1. The van der Waals surface area contributed by atoms with E-state index in [1.54, 1.807) is 6.92 Å². The molecule has 0 fully saturated rings. The van der Waals surface area contributed by atoms with Crippen molar-refractivity contribution in [2.24, 2.45) is 5.92 Å². The van der Waals surface area contributed by atoms with Gasteiger partial charge in [0.05, 0.1) is 12.5 Å². The van der Waals surface area contributed by atoms with E-state index in [0.29, 0.717) is 11.5 Å². The minimum atomic E-state index is -1.23. The van der Waals surface area contributed by atoms with Crippen LogP contribution in [0.2, 0.25) is 0 Å². The van der Waals surface area contributed by atoms with Gasteiger partial charge in [-0.15, -0.1) is 0 Å². The highest BCUT2D eigenvalue weighted by atomic mass is 16.5. The van der Waals surface area contributed by atoms with Crippen LogP contribution in [-0.2, 0) is 14.4 Å². The van der Waals surface area contributed by atoms with Crippen LogP contribution in [0.1, 0.15) is 32.6 Å². The van der Waals surface area contributed by atoms with Crippen LogP contribution in [0.5, 0.6) is 0 Å². The molecule has 0 bridgehead atoms. The number of carboxylic acids is 2. The van der Waals surface area contributed by atoms with E-state index in [2.05, 4.69) is 0 Å². The summed E-state index contributed by atoms with van der Waals surface area (Å²) in [4.78, 5) is 32.3. The average Bonchev–Trinajstić information content (AvgIpc) is 2.23. The molecule has 7 heteroatoms. The smallest absolute Gasteiger partial charge is 0.308 e. The molecule has 0 saturated heterocycles. The molecule has 0 aromatic carbocycles. The minimum absolute atomic E-state index is 0.124. The van der Waals surface area contributed by atoms with Gasteiger partial charge in [-0.2, -0.15) is 0 Å². The Hall–Kier alpha value is -1.63. The maximum atomic E-state index is 11.2. The lowest BCUT2D eigenvalue weighted by atomic mass is 10.0. The van der Waals surface area contributed by atoms with Crippen LogP contribution in [0.25, 0.3) is 0 Å². The van der Waals surface area contributed by atoms with Crippen LogP contribution < -0.4 is 0 Å². The van der Waals surface area contributed by atoms with Gasteiger partial charge in [0, 0.05) is 12.8 Å². The quantitative estimate of drug-likeness (QED) is 0.426. The SMILES string of the molecule is CCCC(=O)N(O)CC(CCC(=O)O)C(=O)O. The predicted molar refractivity (Wildman–Crippen MR) is 56.4 cm³/mol. The van der Waals surface area contributed by atoms with Gasteiger partial charge in [0.15, 0.2) is 0 Å². The van der Waals surface area contributed by atoms with Crippen LogP contribution in [-0.4, -0.2) is 44.9 Å². The first-order valence-electron chi connectivity index (χ1n) is 5.32. The molecule has 0 radical (unpaired) electrons. The van der Waals surface area contributed by atoms with Crippen molar-refractivity contribution in [3.63, 3.8) is 0 Å². The van der Waals surface area contributed by atoms with Crippen LogP contribution in [0.3, 0.4) is 0 Å². The molecule has 1 unspecified atom stereocenters. The molecule has 0 aliphatic rings. The lowest BCUT2D eigenvalue weighted by molar-refractivity contribution is -0.171. The second-order valence-corrected chi connectivity index (χ2v) is 3.69. The lowest BCUT2D eigenvalue weighted by Gasteiger charge is -2.19. The first-order valence-corrected chi connectivity index (χ1v) is 5.32. The molecule has 0 spiro atoms. The van der Waals surface area contributed by atoms with Crippen LogP contribution in [0.4, 0.5) is 0 Å². The van der Waals surface area contributed by atoms with Crippen molar-refractivity contribution in [3.8, 4) is 0 Å². The van der Waals surface area contributed by atoms with E-state index in [4.69, 9.17) is 10.2 Å². The summed E-state index contributed by atoms with van der Waals surface area (Å²) in [7, 11) is 0. The predicted octanol–water partition coefficient (Wildman–Crippen LogP) is 0.570. The Bertz CT molecular complexity index is 291. The molecule has 1 atom stereocenters. The summed E-state index contributed by atoms with van der Waals surface area (Å²) in [6, 6.07) is 0. The average molecular weight is 247 g/mol. The standard InChI is InChI=1S/C10H17NO6/c1-2-3-8(12)11(17)6-7(10(15)16)4-5-9(13)14/h7,17H,2-6H2,1H3,(H,13,14)(H,15,16). The first-order chi connectivity index (χ1) is 7.88. The topological polar surface area (TPSA) is 115 Å². The summed E-state index contributed by atoms with van der Waals surface area (Å²) in [6.07, 6.45) is 0.235. The molecule has 0 saturated carbocycles. The number of aliphatic carboxylic acids is 2. The van der Waals surface area contributed by atoms with Crippen LogP contribution in [0.15, 0.2) is 0 Å². The summed E-state index contributed by atoms with van der Waals surface area (Å²) >= 11 is 0. The molecule has 0 rings (SSSR count). The third-order valence-electron chi connectivity index (χ3n) is 2.20. The highest BCUT2D eigenvalue weighted by Gasteiger charge is 2.23. The number of hydrogen-bond donors (Lipinski definition) is 3. The van der Waals surface area contributed by atoms with E-state index in [9.17, 15) is 19.6 Å². The molecule has 3 N–H and O–H groups in total. The van der Waals surface area contributed by atoms with Gasteiger partial charge in [0.25, 0.3) is 0 Å². The Labute approximate surface area is 98.6 Å². The largest absolute Gasteiger partial charge is 0.481 e. The molecule has 1 amide bonds. The number of carboxylic acid groups (broad SMARTS) is 2. The zero-order valence-electron chi connectivity index (χ0n) is 9.63. The van der Waals surface area contributed by atoms with Crippen molar-refractivity contribution >= 4 is 17.8 Å². The molecule has 0 aliphatic carbocycles. The fraction of sp³-hybridized carbons (Fsp3) is 0.700. The molecule has 98 valence electrons. The summed E-state index contributed by atoms with van der Waals surface area (Å²) in [5.41, 5.74) is 0. The van der Waals surface area contributed by atoms with E-state index >= 15 is 0 Å². The zero-order chi connectivity index (χ0) is 13.4. The molecule has 0 heterocycles. The monoisotopic (exact) mass is 247 g/mol. The number of carbonyl (C=O) groups is 3. The Morgan fingerprint density at radius 3 is 2.18 bits per heavy atom. The van der Waals surface area contributed by atoms with Gasteiger partial charge in [0.1, 0.15) is 0 Å². The summed E-state index contributed by atoms with van der Waals surface area (Å²) < 4.78 is 0. The first kappa shape index (κ1) is 15.4. The third kappa shape index (κ3) is 6.52. The van der Waals surface area contributed by atoms with Crippen molar-refractivity contribution in [1.29, 1.82) is 0 Å². The van der Waals surface area contributed by atoms with E-state index in [1.165, 1.54) is 0 Å². The summed E-state index contributed by atoms with van der Waals surface area (Å²) in [5.74, 6) is -3.97. The number of hydroxylamine groups is 2. The summed E-state index contributed by atoms with van der Waals surface area (Å²) in [6.45, 7) is 1.37. The van der Waals surface area contributed by atoms with Crippen LogP contribution in [0, 0.1) is 5.92 Å².